The van der Waals surface area contributed by atoms with Gasteiger partial charge >= 0.3 is 6.09 Å². The summed E-state index contributed by atoms with van der Waals surface area (Å²) in [6, 6.07) is -0.561. The SMILES string of the molecule is O=C(O)N[C@@H](C(=O)NC12CCC(C1)C2)C1CCCC1. The fraction of sp³-hybridized carbons (Fsp3) is 0.857. The molecule has 5 heteroatoms. The Morgan fingerprint density at radius 2 is 1.84 bits per heavy atom. The van der Waals surface area contributed by atoms with Gasteiger partial charge in [0, 0.05) is 5.54 Å². The minimum Gasteiger partial charge on any atom is -0.465 e. The highest BCUT2D eigenvalue weighted by molar-refractivity contribution is 5.86. The number of carbonyl (C=O) groups is 2. The molecule has 0 radical (unpaired) electrons. The van der Waals surface area contributed by atoms with Crippen molar-refractivity contribution in [3.05, 3.63) is 0 Å². The minimum absolute atomic E-state index is 0.00120. The maximum Gasteiger partial charge on any atom is 0.405 e. The second-order valence-electron chi connectivity index (χ2n) is 6.55. The topological polar surface area (TPSA) is 78.4 Å². The Morgan fingerprint density at radius 3 is 2.37 bits per heavy atom. The first-order chi connectivity index (χ1) is 9.08. The van der Waals surface area contributed by atoms with E-state index in [2.05, 4.69) is 10.6 Å². The standard InChI is InChI=1S/C14H22N2O3/c17-12(16-14-6-5-9(7-14)8-14)11(15-13(18)19)10-3-1-2-4-10/h9-11,15H,1-8H2,(H,16,17)(H,18,19)/t9?,11-,14?/m1/s1. The molecule has 2 bridgehead atoms. The third kappa shape index (κ3) is 2.42. The van der Waals surface area contributed by atoms with Crippen LogP contribution in [0.15, 0.2) is 0 Å². The molecule has 3 N–H and O–H groups in total. The largest absolute Gasteiger partial charge is 0.465 e. The van der Waals surface area contributed by atoms with Gasteiger partial charge < -0.3 is 15.7 Å². The first kappa shape index (κ1) is 12.8. The van der Waals surface area contributed by atoms with Gasteiger partial charge in [0.05, 0.1) is 0 Å². The Bertz CT molecular complexity index is 379. The van der Waals surface area contributed by atoms with Crippen LogP contribution in [-0.2, 0) is 4.79 Å². The average molecular weight is 266 g/mol. The molecule has 0 unspecified atom stereocenters. The first-order valence-corrected chi connectivity index (χ1v) is 7.39. The number of rotatable bonds is 4. The highest BCUT2D eigenvalue weighted by atomic mass is 16.4. The van der Waals surface area contributed by atoms with Gasteiger partial charge in [-0.2, -0.15) is 0 Å². The molecule has 0 aromatic carbocycles. The summed E-state index contributed by atoms with van der Waals surface area (Å²) in [5.41, 5.74) is -0.00120. The van der Waals surface area contributed by atoms with Gasteiger partial charge in [-0.3, -0.25) is 4.79 Å². The van der Waals surface area contributed by atoms with Crippen molar-refractivity contribution in [2.24, 2.45) is 11.8 Å². The summed E-state index contributed by atoms with van der Waals surface area (Å²) in [7, 11) is 0. The molecule has 0 saturated heterocycles. The van der Waals surface area contributed by atoms with Gasteiger partial charge in [0.15, 0.2) is 0 Å². The van der Waals surface area contributed by atoms with Crippen molar-refractivity contribution in [3.63, 3.8) is 0 Å². The first-order valence-electron chi connectivity index (χ1n) is 7.39. The van der Waals surface area contributed by atoms with Gasteiger partial charge in [0.2, 0.25) is 5.91 Å². The molecule has 0 aromatic heterocycles. The van der Waals surface area contributed by atoms with Crippen LogP contribution in [0.2, 0.25) is 0 Å². The molecule has 4 saturated carbocycles. The highest BCUT2D eigenvalue weighted by Crippen LogP contribution is 2.51. The second kappa shape index (κ2) is 4.69. The van der Waals surface area contributed by atoms with E-state index < -0.39 is 12.1 Å². The van der Waals surface area contributed by atoms with Gasteiger partial charge in [-0.15, -0.1) is 0 Å². The third-order valence-electron chi connectivity index (χ3n) is 5.21. The molecule has 4 aliphatic rings. The van der Waals surface area contributed by atoms with E-state index in [-0.39, 0.29) is 17.4 Å². The summed E-state index contributed by atoms with van der Waals surface area (Å²) >= 11 is 0. The second-order valence-corrected chi connectivity index (χ2v) is 6.55. The van der Waals surface area contributed by atoms with Crippen molar-refractivity contribution in [1.29, 1.82) is 0 Å². The monoisotopic (exact) mass is 266 g/mol. The molecule has 2 amide bonds. The number of hydrogen-bond donors (Lipinski definition) is 3. The fourth-order valence-electron chi connectivity index (χ4n) is 4.26. The Morgan fingerprint density at radius 1 is 1.16 bits per heavy atom. The highest BCUT2D eigenvalue weighted by Gasteiger charge is 2.51. The summed E-state index contributed by atoms with van der Waals surface area (Å²) in [5.74, 6) is 0.858. The quantitative estimate of drug-likeness (QED) is 0.727. The van der Waals surface area contributed by atoms with E-state index in [1.54, 1.807) is 0 Å². The van der Waals surface area contributed by atoms with Crippen molar-refractivity contribution in [3.8, 4) is 0 Å². The smallest absolute Gasteiger partial charge is 0.405 e. The van der Waals surface area contributed by atoms with E-state index in [4.69, 9.17) is 5.11 Å². The molecular weight excluding hydrogens is 244 g/mol. The zero-order chi connectivity index (χ0) is 13.5. The van der Waals surface area contributed by atoms with Gasteiger partial charge in [-0.1, -0.05) is 12.8 Å². The summed E-state index contributed by atoms with van der Waals surface area (Å²) in [6.45, 7) is 0. The summed E-state index contributed by atoms with van der Waals surface area (Å²) < 4.78 is 0. The Hall–Kier alpha value is -1.26. The molecule has 5 nitrogen and oxygen atoms in total. The van der Waals surface area contributed by atoms with E-state index >= 15 is 0 Å². The van der Waals surface area contributed by atoms with Crippen LogP contribution in [0.5, 0.6) is 0 Å². The van der Waals surface area contributed by atoms with Crippen molar-refractivity contribution < 1.29 is 14.7 Å². The van der Waals surface area contributed by atoms with Crippen molar-refractivity contribution in [1.82, 2.24) is 10.6 Å². The van der Waals surface area contributed by atoms with Gasteiger partial charge in [0.1, 0.15) is 6.04 Å². The Labute approximate surface area is 113 Å². The van der Waals surface area contributed by atoms with Gasteiger partial charge in [0.25, 0.3) is 0 Å². The van der Waals surface area contributed by atoms with Crippen LogP contribution in [-0.4, -0.2) is 28.7 Å². The molecule has 0 spiro atoms. The lowest BCUT2D eigenvalue weighted by atomic mass is 9.76. The van der Waals surface area contributed by atoms with Crippen LogP contribution in [0.4, 0.5) is 4.79 Å². The molecule has 4 rings (SSSR count). The third-order valence-corrected chi connectivity index (χ3v) is 5.21. The molecule has 0 aliphatic heterocycles. The van der Waals surface area contributed by atoms with Crippen LogP contribution >= 0.6 is 0 Å². The van der Waals surface area contributed by atoms with E-state index in [1.807, 2.05) is 0 Å². The Balaban J connectivity index is 1.64. The number of carbonyl (C=O) groups excluding carboxylic acids is 1. The Kier molecular flexibility index (Phi) is 3.15. The predicted octanol–water partition coefficient (Wildman–Crippen LogP) is 1.87. The number of amides is 2. The fourth-order valence-corrected chi connectivity index (χ4v) is 4.26. The van der Waals surface area contributed by atoms with E-state index in [0.717, 1.165) is 50.9 Å². The predicted molar refractivity (Wildman–Crippen MR) is 69.7 cm³/mol. The maximum absolute atomic E-state index is 12.4. The number of nitrogens with one attached hydrogen (secondary N) is 2. The van der Waals surface area contributed by atoms with Gasteiger partial charge in [-0.25, -0.2) is 4.79 Å². The lowest BCUT2D eigenvalue weighted by molar-refractivity contribution is -0.127. The zero-order valence-electron chi connectivity index (χ0n) is 11.2. The van der Waals surface area contributed by atoms with Crippen LogP contribution < -0.4 is 10.6 Å². The summed E-state index contributed by atoms with van der Waals surface area (Å²) in [4.78, 5) is 23.3. The molecule has 106 valence electrons. The summed E-state index contributed by atoms with van der Waals surface area (Å²) in [5, 5.41) is 14.5. The molecular formula is C14H22N2O3. The van der Waals surface area contributed by atoms with Crippen molar-refractivity contribution >= 4 is 12.0 Å². The molecule has 4 aliphatic carbocycles. The zero-order valence-corrected chi connectivity index (χ0v) is 11.2. The lowest BCUT2D eigenvalue weighted by Crippen LogP contribution is -2.59. The van der Waals surface area contributed by atoms with E-state index in [1.165, 1.54) is 6.42 Å². The number of hydrogen-bond acceptors (Lipinski definition) is 2. The minimum atomic E-state index is -1.09. The average Bonchev–Trinajstić information content (AvgIpc) is 2.99. The molecule has 4 fully saturated rings. The van der Waals surface area contributed by atoms with Crippen LogP contribution in [0.1, 0.15) is 51.4 Å². The van der Waals surface area contributed by atoms with Crippen LogP contribution in [0.3, 0.4) is 0 Å². The molecule has 0 heterocycles. The van der Waals surface area contributed by atoms with E-state index in [0.29, 0.717) is 0 Å². The van der Waals surface area contributed by atoms with Gasteiger partial charge in [-0.05, 0) is 50.4 Å². The van der Waals surface area contributed by atoms with Crippen LogP contribution in [0, 0.1) is 11.8 Å². The number of carboxylic acid groups (broad SMARTS) is 1. The molecule has 19 heavy (non-hydrogen) atoms. The van der Waals surface area contributed by atoms with Crippen LogP contribution in [0.25, 0.3) is 0 Å². The molecule has 1 atom stereocenters. The molecule has 0 aromatic rings. The number of fused-ring (bicyclic) bond motifs is 1. The lowest BCUT2D eigenvalue weighted by Gasteiger charge is -2.40. The summed E-state index contributed by atoms with van der Waals surface area (Å²) in [6.07, 6.45) is 7.46. The maximum atomic E-state index is 12.4. The normalized spacial score (nSPS) is 34.6. The van der Waals surface area contributed by atoms with Crippen molar-refractivity contribution in [2.45, 2.75) is 62.9 Å². The van der Waals surface area contributed by atoms with E-state index in [9.17, 15) is 9.59 Å². The van der Waals surface area contributed by atoms with Crippen molar-refractivity contribution in [2.75, 3.05) is 0 Å².